The lowest BCUT2D eigenvalue weighted by Crippen LogP contribution is -2.16. The van der Waals surface area contributed by atoms with Gasteiger partial charge in [-0.05, 0) is 56.1 Å². The van der Waals surface area contributed by atoms with E-state index in [1.165, 1.54) is 6.07 Å². The molecule has 3 nitrogen and oxygen atoms in total. The fraction of sp³-hybridized carbons (Fsp3) is 0. The van der Waals surface area contributed by atoms with E-state index in [4.69, 9.17) is 0 Å². The van der Waals surface area contributed by atoms with Crippen molar-refractivity contribution in [2.24, 2.45) is 0 Å². The summed E-state index contributed by atoms with van der Waals surface area (Å²) in [6.45, 7) is 0. The van der Waals surface area contributed by atoms with Crippen LogP contribution in [0.15, 0.2) is 44.2 Å². The number of hydrogen-bond donors (Lipinski definition) is 1. The van der Waals surface area contributed by atoms with Crippen LogP contribution < -0.4 is 4.72 Å². The van der Waals surface area contributed by atoms with E-state index in [-0.39, 0.29) is 14.6 Å². The summed E-state index contributed by atoms with van der Waals surface area (Å²) in [6.07, 6.45) is 0. The summed E-state index contributed by atoms with van der Waals surface area (Å²) in [4.78, 5) is -0.736. The largest absolute Gasteiger partial charge is 0.278 e. The van der Waals surface area contributed by atoms with Crippen LogP contribution >= 0.6 is 31.9 Å². The van der Waals surface area contributed by atoms with Gasteiger partial charge < -0.3 is 0 Å². The second-order valence-electron chi connectivity index (χ2n) is 3.93. The molecule has 0 radical (unpaired) electrons. The predicted octanol–water partition coefficient (Wildman–Crippen LogP) is 4.43. The van der Waals surface area contributed by atoms with Gasteiger partial charge in [0.05, 0.1) is 5.69 Å². The minimum Gasteiger partial charge on any atom is -0.278 e. The van der Waals surface area contributed by atoms with E-state index < -0.39 is 32.4 Å². The summed E-state index contributed by atoms with van der Waals surface area (Å²) in [6, 6.07) is 4.55. The Kier molecular flexibility index (Phi) is 4.64. The van der Waals surface area contributed by atoms with Gasteiger partial charge in [0.25, 0.3) is 10.0 Å². The maximum absolute atomic E-state index is 13.7. The van der Waals surface area contributed by atoms with Crippen LogP contribution in [0.25, 0.3) is 0 Å². The number of hydrogen-bond acceptors (Lipinski definition) is 2. The van der Waals surface area contributed by atoms with Crippen LogP contribution in [0.4, 0.5) is 18.9 Å². The molecule has 0 unspecified atom stereocenters. The number of rotatable bonds is 3. The van der Waals surface area contributed by atoms with Gasteiger partial charge in [-0.3, -0.25) is 4.72 Å². The van der Waals surface area contributed by atoms with Crippen molar-refractivity contribution in [1.29, 1.82) is 0 Å². The second-order valence-corrected chi connectivity index (χ2v) is 7.26. The van der Waals surface area contributed by atoms with E-state index in [2.05, 4.69) is 36.6 Å². The number of sulfonamides is 1. The molecule has 112 valence electrons. The maximum atomic E-state index is 13.7. The van der Waals surface area contributed by atoms with Crippen LogP contribution in [0.2, 0.25) is 0 Å². The molecule has 2 aromatic carbocycles. The lowest BCUT2D eigenvalue weighted by molar-refractivity contribution is 0.548. The number of benzene rings is 2. The third-order valence-electron chi connectivity index (χ3n) is 2.41. The molecule has 0 fully saturated rings. The highest BCUT2D eigenvalue weighted by atomic mass is 79.9. The highest BCUT2D eigenvalue weighted by Gasteiger charge is 2.24. The quantitative estimate of drug-likeness (QED) is 0.761. The third kappa shape index (κ3) is 3.58. The molecule has 0 amide bonds. The molecule has 2 aromatic rings. The summed E-state index contributed by atoms with van der Waals surface area (Å²) >= 11 is 5.79. The standard InChI is InChI=1S/C12H6Br2F3NO2S/c13-8-3-6(15)1-2-11(8)18-21(19,20)12-9(14)4-7(16)5-10(12)17/h1-5,18H. The highest BCUT2D eigenvalue weighted by molar-refractivity contribution is 9.11. The van der Waals surface area contributed by atoms with Crippen molar-refractivity contribution in [3.63, 3.8) is 0 Å². The summed E-state index contributed by atoms with van der Waals surface area (Å²) in [5.41, 5.74) is 0.0204. The lowest BCUT2D eigenvalue weighted by atomic mass is 10.3. The van der Waals surface area contributed by atoms with Crippen LogP contribution in [0, 0.1) is 17.5 Å². The van der Waals surface area contributed by atoms with Gasteiger partial charge in [-0.2, -0.15) is 0 Å². The number of nitrogens with one attached hydrogen (secondary N) is 1. The molecule has 0 aliphatic heterocycles. The molecular weight excluding hydrogens is 439 g/mol. The Morgan fingerprint density at radius 3 is 2.10 bits per heavy atom. The van der Waals surface area contributed by atoms with Gasteiger partial charge in [-0.1, -0.05) is 0 Å². The molecule has 21 heavy (non-hydrogen) atoms. The first-order chi connectivity index (χ1) is 9.70. The number of halogens is 5. The van der Waals surface area contributed by atoms with E-state index in [1.807, 2.05) is 0 Å². The van der Waals surface area contributed by atoms with Gasteiger partial charge in [0.2, 0.25) is 0 Å². The fourth-order valence-corrected chi connectivity index (χ4v) is 4.38. The highest BCUT2D eigenvalue weighted by Crippen LogP contribution is 2.30. The minimum atomic E-state index is -4.32. The second kappa shape index (κ2) is 5.98. The van der Waals surface area contributed by atoms with Crippen molar-refractivity contribution in [3.05, 3.63) is 56.7 Å². The van der Waals surface area contributed by atoms with Gasteiger partial charge in [-0.15, -0.1) is 0 Å². The average Bonchev–Trinajstić information content (AvgIpc) is 2.30. The zero-order valence-corrected chi connectivity index (χ0v) is 14.0. The zero-order chi connectivity index (χ0) is 15.8. The maximum Gasteiger partial charge on any atom is 0.265 e. The lowest BCUT2D eigenvalue weighted by Gasteiger charge is -2.12. The SMILES string of the molecule is O=S(=O)(Nc1ccc(F)cc1Br)c1c(F)cc(F)cc1Br. The van der Waals surface area contributed by atoms with Crippen molar-refractivity contribution < 1.29 is 21.6 Å². The van der Waals surface area contributed by atoms with E-state index in [0.717, 1.165) is 18.2 Å². The molecule has 0 saturated heterocycles. The molecule has 2 rings (SSSR count). The molecule has 0 heterocycles. The molecular formula is C12H6Br2F3NO2S. The van der Waals surface area contributed by atoms with Crippen molar-refractivity contribution >= 4 is 47.6 Å². The Balaban J connectivity index is 2.48. The summed E-state index contributed by atoms with van der Waals surface area (Å²) < 4.78 is 66.0. The van der Waals surface area contributed by atoms with Crippen molar-refractivity contribution in [2.45, 2.75) is 4.90 Å². The Morgan fingerprint density at radius 1 is 0.905 bits per heavy atom. The monoisotopic (exact) mass is 443 g/mol. The van der Waals surface area contributed by atoms with E-state index in [0.29, 0.717) is 6.07 Å². The molecule has 0 aliphatic rings. The summed E-state index contributed by atoms with van der Waals surface area (Å²) in [7, 11) is -4.32. The zero-order valence-electron chi connectivity index (χ0n) is 10.0. The first kappa shape index (κ1) is 16.3. The molecule has 1 N–H and O–H groups in total. The first-order valence-electron chi connectivity index (χ1n) is 5.33. The normalized spacial score (nSPS) is 11.5. The Labute approximate surface area is 135 Å². The number of anilines is 1. The Morgan fingerprint density at radius 2 is 1.52 bits per heavy atom. The topological polar surface area (TPSA) is 46.2 Å². The van der Waals surface area contributed by atoms with Crippen molar-refractivity contribution in [2.75, 3.05) is 4.72 Å². The smallest absolute Gasteiger partial charge is 0.265 e. The first-order valence-corrected chi connectivity index (χ1v) is 8.40. The van der Waals surface area contributed by atoms with E-state index in [9.17, 15) is 21.6 Å². The van der Waals surface area contributed by atoms with Gasteiger partial charge >= 0.3 is 0 Å². The van der Waals surface area contributed by atoms with Crippen molar-refractivity contribution in [3.8, 4) is 0 Å². The van der Waals surface area contributed by atoms with Crippen LogP contribution in [0.5, 0.6) is 0 Å². The molecule has 9 heteroatoms. The molecule has 0 atom stereocenters. The minimum absolute atomic E-state index is 0.0204. The van der Waals surface area contributed by atoms with Crippen LogP contribution in [-0.4, -0.2) is 8.42 Å². The van der Waals surface area contributed by atoms with Crippen LogP contribution in [0.3, 0.4) is 0 Å². The van der Waals surface area contributed by atoms with E-state index >= 15 is 0 Å². The molecule has 0 bridgehead atoms. The Hall–Kier alpha value is -1.06. The summed E-state index contributed by atoms with van der Waals surface area (Å²) in [5, 5.41) is 0. The Bertz CT molecular complexity index is 789. The van der Waals surface area contributed by atoms with E-state index in [1.54, 1.807) is 0 Å². The summed E-state index contributed by atoms with van der Waals surface area (Å²) in [5.74, 6) is -2.73. The molecule has 0 aliphatic carbocycles. The van der Waals surface area contributed by atoms with Crippen molar-refractivity contribution in [1.82, 2.24) is 0 Å². The fourth-order valence-electron chi connectivity index (χ4n) is 1.55. The van der Waals surface area contributed by atoms with Gasteiger partial charge in [0, 0.05) is 15.0 Å². The third-order valence-corrected chi connectivity index (χ3v) is 5.39. The van der Waals surface area contributed by atoms with Gasteiger partial charge in [-0.25, -0.2) is 21.6 Å². The average molecular weight is 445 g/mol. The van der Waals surface area contributed by atoms with Crippen LogP contribution in [0.1, 0.15) is 0 Å². The molecule has 0 aromatic heterocycles. The molecule has 0 saturated carbocycles. The van der Waals surface area contributed by atoms with Crippen LogP contribution in [-0.2, 0) is 10.0 Å². The molecule has 0 spiro atoms. The predicted molar refractivity (Wildman–Crippen MR) is 79.0 cm³/mol. The van der Waals surface area contributed by atoms with Gasteiger partial charge in [0.1, 0.15) is 22.3 Å². The van der Waals surface area contributed by atoms with Gasteiger partial charge in [0.15, 0.2) is 0 Å².